The maximum Gasteiger partial charge on any atom is 0.120 e. The number of rotatable bonds is 3. The van der Waals surface area contributed by atoms with E-state index in [1.54, 1.807) is 13.2 Å². The van der Waals surface area contributed by atoms with E-state index >= 15 is 0 Å². The number of nitrogens with one attached hydrogen (secondary N) is 1. The molecule has 2 N–H and O–H groups in total. The summed E-state index contributed by atoms with van der Waals surface area (Å²) < 4.78 is 5.22. The van der Waals surface area contributed by atoms with Gasteiger partial charge in [0.2, 0.25) is 0 Å². The Hall–Kier alpha value is -2.33. The fourth-order valence-electron chi connectivity index (χ4n) is 3.02. The second kappa shape index (κ2) is 6.05. The summed E-state index contributed by atoms with van der Waals surface area (Å²) in [6, 6.07) is 15.4. The van der Waals surface area contributed by atoms with E-state index in [1.165, 1.54) is 0 Å². The topological polar surface area (TPSA) is 53.8 Å². The molecule has 4 heteroatoms. The van der Waals surface area contributed by atoms with Crippen LogP contribution in [0.15, 0.2) is 53.5 Å². The average molecular weight is 310 g/mol. The van der Waals surface area contributed by atoms with Crippen LogP contribution in [0, 0.1) is 0 Å². The molecule has 0 radical (unpaired) electrons. The molecule has 0 saturated carbocycles. The molecule has 0 aliphatic carbocycles. The highest BCUT2D eigenvalue weighted by Gasteiger charge is 2.30. The van der Waals surface area contributed by atoms with E-state index in [-0.39, 0.29) is 11.7 Å². The van der Waals surface area contributed by atoms with E-state index in [4.69, 9.17) is 9.73 Å². The fourth-order valence-corrected chi connectivity index (χ4v) is 3.02. The van der Waals surface area contributed by atoms with Gasteiger partial charge in [-0.15, -0.1) is 0 Å². The zero-order valence-corrected chi connectivity index (χ0v) is 13.7. The van der Waals surface area contributed by atoms with Crippen LogP contribution in [-0.2, 0) is 0 Å². The van der Waals surface area contributed by atoms with Crippen LogP contribution in [0.5, 0.6) is 11.5 Å². The maximum atomic E-state index is 10.2. The third-order valence-electron chi connectivity index (χ3n) is 4.07. The van der Waals surface area contributed by atoms with Crippen LogP contribution in [0.4, 0.5) is 0 Å². The number of aromatic hydroxyl groups is 1. The molecule has 1 aliphatic rings. The van der Waals surface area contributed by atoms with E-state index < -0.39 is 0 Å². The number of para-hydroxylation sites is 1. The summed E-state index contributed by atoms with van der Waals surface area (Å²) in [7, 11) is 1.66. The number of hydrogen-bond donors (Lipinski definition) is 2. The first-order valence-electron chi connectivity index (χ1n) is 7.77. The minimum absolute atomic E-state index is 0.0285. The Labute approximate surface area is 136 Å². The van der Waals surface area contributed by atoms with E-state index in [0.717, 1.165) is 29.0 Å². The molecule has 0 spiro atoms. The second-order valence-corrected chi connectivity index (χ2v) is 6.31. The predicted molar refractivity (Wildman–Crippen MR) is 92.2 cm³/mol. The molecule has 1 aliphatic heterocycles. The Morgan fingerprint density at radius 2 is 1.83 bits per heavy atom. The minimum atomic E-state index is -0.388. The number of hydrogen-bond acceptors (Lipinski definition) is 4. The molecule has 0 amide bonds. The highest BCUT2D eigenvalue weighted by molar-refractivity contribution is 6.01. The molecule has 1 atom stereocenters. The van der Waals surface area contributed by atoms with Gasteiger partial charge in [-0.05, 0) is 49.7 Å². The van der Waals surface area contributed by atoms with Crippen molar-refractivity contribution >= 4 is 5.71 Å². The first-order valence-corrected chi connectivity index (χ1v) is 7.77. The monoisotopic (exact) mass is 310 g/mol. The van der Waals surface area contributed by atoms with Crippen molar-refractivity contribution < 1.29 is 9.84 Å². The molecule has 0 saturated heterocycles. The number of aliphatic imine (C=N–C) groups is 1. The van der Waals surface area contributed by atoms with Crippen molar-refractivity contribution in [2.45, 2.75) is 32.0 Å². The van der Waals surface area contributed by atoms with Gasteiger partial charge in [0.15, 0.2) is 0 Å². The van der Waals surface area contributed by atoms with Crippen molar-refractivity contribution in [2.75, 3.05) is 7.11 Å². The van der Waals surface area contributed by atoms with Crippen molar-refractivity contribution in [3.63, 3.8) is 0 Å². The van der Waals surface area contributed by atoms with Crippen molar-refractivity contribution in [3.05, 3.63) is 59.7 Å². The van der Waals surface area contributed by atoms with Crippen molar-refractivity contribution in [1.29, 1.82) is 0 Å². The second-order valence-electron chi connectivity index (χ2n) is 6.31. The van der Waals surface area contributed by atoms with Gasteiger partial charge >= 0.3 is 0 Å². The molecule has 2 aromatic carbocycles. The summed E-state index contributed by atoms with van der Waals surface area (Å²) >= 11 is 0. The Bertz CT molecular complexity index is 720. The third-order valence-corrected chi connectivity index (χ3v) is 4.07. The van der Waals surface area contributed by atoms with Crippen LogP contribution >= 0.6 is 0 Å². The zero-order chi connectivity index (χ0) is 16.4. The van der Waals surface area contributed by atoms with Gasteiger partial charge in [0.05, 0.1) is 7.11 Å². The van der Waals surface area contributed by atoms with Gasteiger partial charge in [0.1, 0.15) is 17.2 Å². The molecule has 0 aromatic heterocycles. The largest absolute Gasteiger partial charge is 0.508 e. The van der Waals surface area contributed by atoms with Gasteiger partial charge in [0, 0.05) is 23.7 Å². The summed E-state index contributed by atoms with van der Waals surface area (Å²) in [5.41, 5.74) is 2.63. The highest BCUT2D eigenvalue weighted by Crippen LogP contribution is 2.33. The third kappa shape index (κ3) is 3.37. The summed E-state index contributed by atoms with van der Waals surface area (Å²) in [5.74, 6) is 1.15. The normalized spacial score (nSPS) is 20.0. The fraction of sp³-hybridized carbons (Fsp3) is 0.316. The van der Waals surface area contributed by atoms with Gasteiger partial charge in [-0.3, -0.25) is 10.3 Å². The Morgan fingerprint density at radius 3 is 2.48 bits per heavy atom. The number of ether oxygens (including phenoxy) is 1. The molecule has 1 unspecified atom stereocenters. The van der Waals surface area contributed by atoms with Crippen LogP contribution in [0.1, 0.15) is 37.4 Å². The number of nitrogens with zero attached hydrogens (tertiary/aromatic N) is 1. The first-order chi connectivity index (χ1) is 11.0. The van der Waals surface area contributed by atoms with Crippen LogP contribution in [0.3, 0.4) is 0 Å². The molecule has 120 valence electrons. The molecular formula is C19H22N2O2. The van der Waals surface area contributed by atoms with Gasteiger partial charge in [-0.1, -0.05) is 18.2 Å². The lowest BCUT2D eigenvalue weighted by atomic mass is 9.92. The zero-order valence-electron chi connectivity index (χ0n) is 13.7. The van der Waals surface area contributed by atoms with Crippen LogP contribution < -0.4 is 10.1 Å². The number of benzene rings is 2. The van der Waals surface area contributed by atoms with Crippen molar-refractivity contribution in [1.82, 2.24) is 5.32 Å². The molecule has 23 heavy (non-hydrogen) atoms. The van der Waals surface area contributed by atoms with Gasteiger partial charge in [-0.2, -0.15) is 0 Å². The van der Waals surface area contributed by atoms with Crippen LogP contribution in [0.2, 0.25) is 0 Å². The Kier molecular flexibility index (Phi) is 4.09. The minimum Gasteiger partial charge on any atom is -0.508 e. The highest BCUT2D eigenvalue weighted by atomic mass is 16.5. The van der Waals surface area contributed by atoms with Crippen molar-refractivity contribution in [3.8, 4) is 11.5 Å². The number of phenols is 1. The number of methoxy groups -OCH3 is 1. The molecule has 3 rings (SSSR count). The Morgan fingerprint density at radius 1 is 1.13 bits per heavy atom. The summed E-state index contributed by atoms with van der Waals surface area (Å²) in [5, 5.41) is 13.7. The quantitative estimate of drug-likeness (QED) is 0.909. The first kappa shape index (κ1) is 15.6. The summed E-state index contributed by atoms with van der Waals surface area (Å²) in [6.07, 6.45) is 0.729. The molecular weight excluding hydrogens is 288 g/mol. The lowest BCUT2D eigenvalue weighted by molar-refractivity contribution is 0.328. The van der Waals surface area contributed by atoms with Gasteiger partial charge in [-0.25, -0.2) is 0 Å². The molecule has 0 bridgehead atoms. The van der Waals surface area contributed by atoms with E-state index in [9.17, 15) is 5.11 Å². The van der Waals surface area contributed by atoms with Crippen molar-refractivity contribution in [2.24, 2.45) is 4.99 Å². The smallest absolute Gasteiger partial charge is 0.120 e. The maximum absolute atomic E-state index is 10.2. The Balaban J connectivity index is 1.94. The van der Waals surface area contributed by atoms with Gasteiger partial charge < -0.3 is 9.84 Å². The van der Waals surface area contributed by atoms with E-state index in [2.05, 4.69) is 5.32 Å². The van der Waals surface area contributed by atoms with Crippen LogP contribution in [0.25, 0.3) is 0 Å². The van der Waals surface area contributed by atoms with E-state index in [1.807, 2.05) is 56.3 Å². The van der Waals surface area contributed by atoms with Gasteiger partial charge in [0.25, 0.3) is 0 Å². The average Bonchev–Trinajstić information content (AvgIpc) is 2.54. The predicted octanol–water partition coefficient (Wildman–Crippen LogP) is 3.66. The molecule has 1 heterocycles. The van der Waals surface area contributed by atoms with E-state index in [0.29, 0.717) is 5.75 Å². The number of phenolic OH excluding ortho intramolecular Hbond substituents is 1. The molecule has 4 nitrogen and oxygen atoms in total. The lowest BCUT2D eigenvalue weighted by Gasteiger charge is -2.35. The SMILES string of the molecule is COc1ccc(C2=NC(C)(C)NC(c3ccccc3O)C2)cc1. The summed E-state index contributed by atoms with van der Waals surface area (Å²) in [4.78, 5) is 4.83. The summed E-state index contributed by atoms with van der Waals surface area (Å²) in [6.45, 7) is 4.09. The lowest BCUT2D eigenvalue weighted by Crippen LogP contribution is -2.45. The molecule has 0 fully saturated rings. The standard InChI is InChI=1S/C19H22N2O2/c1-19(2)20-16(13-8-10-14(23-3)11-9-13)12-17(21-19)15-6-4-5-7-18(15)22/h4-11,17,21-22H,12H2,1-3H3. The van der Waals surface area contributed by atoms with Crippen LogP contribution in [-0.4, -0.2) is 23.6 Å². The molecule has 2 aromatic rings.